The van der Waals surface area contributed by atoms with Gasteiger partial charge < -0.3 is 0 Å². The Kier molecular flexibility index (Phi) is 2.91. The van der Waals surface area contributed by atoms with E-state index >= 15 is 0 Å². The molecule has 106 valence electrons. The van der Waals surface area contributed by atoms with Crippen molar-refractivity contribution in [2.24, 2.45) is 11.8 Å². The predicted octanol–water partition coefficient (Wildman–Crippen LogP) is 3.73. The molecule has 1 heterocycles. The molecule has 21 heavy (non-hydrogen) atoms. The second-order valence-corrected chi connectivity index (χ2v) is 6.33. The largest absolute Gasteiger partial charge is 0.299 e. The van der Waals surface area contributed by atoms with E-state index in [0.29, 0.717) is 17.6 Å². The summed E-state index contributed by atoms with van der Waals surface area (Å²) in [6.45, 7) is 2.00. The minimum Gasteiger partial charge on any atom is -0.299 e. The summed E-state index contributed by atoms with van der Waals surface area (Å²) in [5, 5.41) is 0. The molecule has 4 rings (SSSR count). The van der Waals surface area contributed by atoms with Gasteiger partial charge in [-0.05, 0) is 54.9 Å². The Hall–Kier alpha value is -1.96. The summed E-state index contributed by atoms with van der Waals surface area (Å²) < 4.78 is 0. The van der Waals surface area contributed by atoms with Gasteiger partial charge in [0.25, 0.3) is 0 Å². The van der Waals surface area contributed by atoms with Gasteiger partial charge in [-0.3, -0.25) is 9.78 Å². The Morgan fingerprint density at radius 3 is 2.81 bits per heavy atom. The zero-order valence-electron chi connectivity index (χ0n) is 12.2. The Bertz CT molecular complexity index is 679. The average Bonchev–Trinajstić information content (AvgIpc) is 3.29. The number of carbonyl (C=O) groups is 1. The maximum Gasteiger partial charge on any atom is 0.145 e. The summed E-state index contributed by atoms with van der Waals surface area (Å²) in [6, 6.07) is 14.5. The monoisotopic (exact) mass is 277 g/mol. The number of rotatable bonds is 3. The highest BCUT2D eigenvalue weighted by atomic mass is 16.1. The van der Waals surface area contributed by atoms with E-state index in [9.17, 15) is 4.79 Å². The van der Waals surface area contributed by atoms with Crippen LogP contribution in [0.5, 0.6) is 0 Å². The van der Waals surface area contributed by atoms with E-state index in [1.807, 2.05) is 25.1 Å². The predicted molar refractivity (Wildman–Crippen MR) is 82.1 cm³/mol. The summed E-state index contributed by atoms with van der Waals surface area (Å²) >= 11 is 0. The average molecular weight is 277 g/mol. The zero-order chi connectivity index (χ0) is 14.4. The Morgan fingerprint density at radius 2 is 2.00 bits per heavy atom. The molecule has 0 spiro atoms. The van der Waals surface area contributed by atoms with Crippen LogP contribution in [-0.2, 0) is 11.2 Å². The molecule has 0 N–H and O–H groups in total. The van der Waals surface area contributed by atoms with Crippen LogP contribution in [0.2, 0.25) is 0 Å². The molecule has 2 heteroatoms. The van der Waals surface area contributed by atoms with Crippen LogP contribution in [0, 0.1) is 11.8 Å². The van der Waals surface area contributed by atoms with Gasteiger partial charge in [0.05, 0.1) is 11.6 Å². The molecule has 4 unspecified atom stereocenters. The number of ketones is 1. The molecular weight excluding hydrogens is 258 g/mol. The molecule has 2 aliphatic rings. The molecule has 4 atom stereocenters. The SMILES string of the molecule is CC(C(=O)C1C2CCc3ccccc3C21)c1ccccn1. The number of nitrogens with zero attached hydrogens (tertiary/aromatic N) is 1. The third-order valence-corrected chi connectivity index (χ3v) is 5.22. The topological polar surface area (TPSA) is 30.0 Å². The molecule has 1 aromatic heterocycles. The first-order valence-electron chi connectivity index (χ1n) is 7.80. The van der Waals surface area contributed by atoms with Crippen molar-refractivity contribution >= 4 is 5.78 Å². The Morgan fingerprint density at radius 1 is 1.19 bits per heavy atom. The van der Waals surface area contributed by atoms with Crippen LogP contribution in [-0.4, -0.2) is 10.8 Å². The van der Waals surface area contributed by atoms with Crippen molar-refractivity contribution in [3.63, 3.8) is 0 Å². The lowest BCUT2D eigenvalue weighted by Crippen LogP contribution is -2.14. The van der Waals surface area contributed by atoms with Gasteiger partial charge in [0.2, 0.25) is 0 Å². The van der Waals surface area contributed by atoms with Gasteiger partial charge in [-0.15, -0.1) is 0 Å². The fraction of sp³-hybridized carbons (Fsp3) is 0.368. The van der Waals surface area contributed by atoms with Crippen LogP contribution < -0.4 is 0 Å². The van der Waals surface area contributed by atoms with Gasteiger partial charge >= 0.3 is 0 Å². The first-order chi connectivity index (χ1) is 10.3. The van der Waals surface area contributed by atoms with E-state index in [4.69, 9.17) is 0 Å². The first-order valence-corrected chi connectivity index (χ1v) is 7.80. The summed E-state index contributed by atoms with van der Waals surface area (Å²) in [7, 11) is 0. The summed E-state index contributed by atoms with van der Waals surface area (Å²) in [5.41, 5.74) is 3.76. The van der Waals surface area contributed by atoms with E-state index in [1.54, 1.807) is 6.20 Å². The van der Waals surface area contributed by atoms with Crippen molar-refractivity contribution < 1.29 is 4.79 Å². The van der Waals surface area contributed by atoms with E-state index < -0.39 is 0 Å². The first kappa shape index (κ1) is 12.8. The number of pyridine rings is 1. The van der Waals surface area contributed by atoms with Crippen LogP contribution in [0.15, 0.2) is 48.7 Å². The number of carbonyl (C=O) groups excluding carboxylic acids is 1. The number of fused-ring (bicyclic) bond motifs is 3. The van der Waals surface area contributed by atoms with E-state index in [2.05, 4.69) is 29.2 Å². The van der Waals surface area contributed by atoms with E-state index in [0.717, 1.165) is 18.5 Å². The quantitative estimate of drug-likeness (QED) is 0.855. The molecule has 2 aliphatic carbocycles. The van der Waals surface area contributed by atoms with Crippen molar-refractivity contribution in [3.8, 4) is 0 Å². The molecule has 0 bridgehead atoms. The number of benzene rings is 1. The number of Topliss-reactive ketones (excluding diaryl/α,β-unsaturated/α-hetero) is 1. The second-order valence-electron chi connectivity index (χ2n) is 6.33. The molecule has 0 radical (unpaired) electrons. The molecular formula is C19H19NO. The molecule has 2 nitrogen and oxygen atoms in total. The zero-order valence-corrected chi connectivity index (χ0v) is 12.2. The van der Waals surface area contributed by atoms with Gasteiger partial charge in [0.15, 0.2) is 0 Å². The maximum absolute atomic E-state index is 12.8. The number of hydrogen-bond acceptors (Lipinski definition) is 2. The molecule has 2 aromatic rings. The van der Waals surface area contributed by atoms with Gasteiger partial charge in [-0.2, -0.15) is 0 Å². The molecule has 1 saturated carbocycles. The normalized spacial score (nSPS) is 27.4. The number of hydrogen-bond donors (Lipinski definition) is 0. The van der Waals surface area contributed by atoms with Crippen LogP contribution >= 0.6 is 0 Å². The van der Waals surface area contributed by atoms with E-state index in [1.165, 1.54) is 11.1 Å². The smallest absolute Gasteiger partial charge is 0.145 e. The minimum atomic E-state index is -0.0889. The van der Waals surface area contributed by atoms with Crippen LogP contribution in [0.25, 0.3) is 0 Å². The summed E-state index contributed by atoms with van der Waals surface area (Å²) in [5.74, 6) is 1.53. The standard InChI is InChI=1S/C19H19NO/c1-12(16-8-4-5-11-20-16)19(21)18-15-10-9-13-6-2-3-7-14(13)17(15)18/h2-8,11-12,15,17-18H,9-10H2,1H3. The minimum absolute atomic E-state index is 0.0889. The highest BCUT2D eigenvalue weighted by Crippen LogP contribution is 2.61. The lowest BCUT2D eigenvalue weighted by atomic mass is 9.92. The molecule has 0 saturated heterocycles. The molecule has 1 fully saturated rings. The highest BCUT2D eigenvalue weighted by molar-refractivity contribution is 5.91. The van der Waals surface area contributed by atoms with Crippen LogP contribution in [0.1, 0.15) is 42.0 Å². The fourth-order valence-electron chi connectivity index (χ4n) is 4.02. The lowest BCUT2D eigenvalue weighted by Gasteiger charge is -2.13. The van der Waals surface area contributed by atoms with Crippen molar-refractivity contribution in [2.45, 2.75) is 31.6 Å². The van der Waals surface area contributed by atoms with E-state index in [-0.39, 0.29) is 11.8 Å². The van der Waals surface area contributed by atoms with Crippen molar-refractivity contribution in [3.05, 3.63) is 65.5 Å². The molecule has 0 aliphatic heterocycles. The van der Waals surface area contributed by atoms with Gasteiger partial charge in [-0.1, -0.05) is 30.3 Å². The second kappa shape index (κ2) is 4.80. The third-order valence-electron chi connectivity index (χ3n) is 5.22. The molecule has 1 aromatic carbocycles. The third kappa shape index (κ3) is 2.01. The van der Waals surface area contributed by atoms with Crippen molar-refractivity contribution in [2.75, 3.05) is 0 Å². The molecule has 0 amide bonds. The van der Waals surface area contributed by atoms with Gasteiger partial charge in [0.1, 0.15) is 5.78 Å². The van der Waals surface area contributed by atoms with Crippen molar-refractivity contribution in [1.82, 2.24) is 4.98 Å². The number of aromatic nitrogens is 1. The Balaban J connectivity index is 1.58. The van der Waals surface area contributed by atoms with Gasteiger partial charge in [-0.25, -0.2) is 0 Å². The van der Waals surface area contributed by atoms with Crippen LogP contribution in [0.4, 0.5) is 0 Å². The summed E-state index contributed by atoms with van der Waals surface area (Å²) in [6.07, 6.45) is 4.06. The summed E-state index contributed by atoms with van der Waals surface area (Å²) in [4.78, 5) is 17.2. The lowest BCUT2D eigenvalue weighted by molar-refractivity contribution is -0.121. The van der Waals surface area contributed by atoms with Crippen molar-refractivity contribution in [1.29, 1.82) is 0 Å². The highest BCUT2D eigenvalue weighted by Gasteiger charge is 2.57. The maximum atomic E-state index is 12.8. The number of aryl methyl sites for hydroxylation is 1. The van der Waals surface area contributed by atoms with Gasteiger partial charge in [0, 0.05) is 12.1 Å². The Labute approximate surface area is 125 Å². The van der Waals surface area contributed by atoms with Crippen LogP contribution in [0.3, 0.4) is 0 Å². The fourth-order valence-corrected chi connectivity index (χ4v) is 4.02.